The summed E-state index contributed by atoms with van der Waals surface area (Å²) in [5.41, 5.74) is -1.03. The Balaban J connectivity index is 1.83. The maximum Gasteiger partial charge on any atom is 0.330 e. The van der Waals surface area contributed by atoms with Gasteiger partial charge in [-0.2, -0.15) is 16.9 Å². The second-order valence-electron chi connectivity index (χ2n) is 4.98. The maximum absolute atomic E-state index is 12.4. The average molecular weight is 318 g/mol. The number of carbonyl (C=O) groups excluding carboxylic acids is 1. The van der Waals surface area contributed by atoms with Gasteiger partial charge >= 0.3 is 5.97 Å². The summed E-state index contributed by atoms with van der Waals surface area (Å²) in [4.78, 5) is 28.1. The number of hydrogen-bond acceptors (Lipinski definition) is 5. The van der Waals surface area contributed by atoms with Crippen molar-refractivity contribution in [2.24, 2.45) is 0 Å². The van der Waals surface area contributed by atoms with Crippen LogP contribution >= 0.6 is 11.8 Å². The number of aromatic nitrogens is 3. The highest BCUT2D eigenvalue weighted by Crippen LogP contribution is 2.28. The molecule has 0 bridgehead atoms. The van der Waals surface area contributed by atoms with Crippen molar-refractivity contribution < 1.29 is 14.7 Å². The number of pyridine rings is 1. The Morgan fingerprint density at radius 2 is 2.23 bits per heavy atom. The predicted octanol–water partition coefficient (Wildman–Crippen LogP) is 0.957. The Kier molecular flexibility index (Phi) is 3.84. The van der Waals surface area contributed by atoms with Crippen molar-refractivity contribution in [1.82, 2.24) is 20.1 Å². The Bertz CT molecular complexity index is 696. The van der Waals surface area contributed by atoms with Gasteiger partial charge in [-0.05, 0) is 30.4 Å². The Morgan fingerprint density at radius 3 is 2.86 bits per heavy atom. The first-order chi connectivity index (χ1) is 10.6. The summed E-state index contributed by atoms with van der Waals surface area (Å²) in [7, 11) is 0. The largest absolute Gasteiger partial charge is 0.479 e. The van der Waals surface area contributed by atoms with Crippen molar-refractivity contribution in [3.8, 4) is 5.82 Å². The van der Waals surface area contributed by atoms with Crippen LogP contribution in [0.2, 0.25) is 0 Å². The van der Waals surface area contributed by atoms with E-state index in [1.165, 1.54) is 16.4 Å². The van der Waals surface area contributed by atoms with Crippen LogP contribution in [-0.4, -0.2) is 48.8 Å². The third-order valence-electron chi connectivity index (χ3n) is 3.49. The summed E-state index contributed by atoms with van der Waals surface area (Å²) >= 11 is 1.52. The summed E-state index contributed by atoms with van der Waals surface area (Å²) in [5, 5.41) is 16.1. The summed E-state index contributed by atoms with van der Waals surface area (Å²) < 4.78 is 1.54. The normalized spacial score (nSPS) is 20.7. The van der Waals surface area contributed by atoms with E-state index in [1.807, 2.05) is 0 Å². The van der Waals surface area contributed by atoms with Crippen LogP contribution in [0.1, 0.15) is 16.9 Å². The van der Waals surface area contributed by atoms with E-state index < -0.39 is 17.4 Å². The van der Waals surface area contributed by atoms with Gasteiger partial charge in [0.25, 0.3) is 5.91 Å². The molecule has 1 amide bonds. The minimum atomic E-state index is -1.20. The highest BCUT2D eigenvalue weighted by Gasteiger charge is 2.43. The Morgan fingerprint density at radius 1 is 1.36 bits per heavy atom. The number of nitrogens with zero attached hydrogens (tertiary/aromatic N) is 3. The smallest absolute Gasteiger partial charge is 0.330 e. The molecule has 1 aliphatic rings. The van der Waals surface area contributed by atoms with Crippen molar-refractivity contribution in [1.29, 1.82) is 0 Å². The molecule has 2 aromatic heterocycles. The first-order valence-electron chi connectivity index (χ1n) is 6.71. The number of carboxylic acid groups (broad SMARTS) is 1. The van der Waals surface area contributed by atoms with Gasteiger partial charge in [0.15, 0.2) is 5.82 Å². The predicted molar refractivity (Wildman–Crippen MR) is 81.1 cm³/mol. The zero-order valence-corrected chi connectivity index (χ0v) is 12.4. The molecule has 8 heteroatoms. The van der Waals surface area contributed by atoms with E-state index in [0.717, 1.165) is 0 Å². The molecule has 114 valence electrons. The van der Waals surface area contributed by atoms with Gasteiger partial charge in [-0.3, -0.25) is 4.79 Å². The lowest BCUT2D eigenvalue weighted by molar-refractivity contribution is -0.143. The lowest BCUT2D eigenvalue weighted by Crippen LogP contribution is -2.54. The van der Waals surface area contributed by atoms with Gasteiger partial charge in [0.2, 0.25) is 0 Å². The van der Waals surface area contributed by atoms with Crippen molar-refractivity contribution in [2.45, 2.75) is 12.0 Å². The second kappa shape index (κ2) is 5.80. The number of nitrogens with one attached hydrogen (secondary N) is 1. The quantitative estimate of drug-likeness (QED) is 0.871. The Labute approximate surface area is 130 Å². The number of carboxylic acids is 1. The van der Waals surface area contributed by atoms with Crippen LogP contribution in [0.5, 0.6) is 0 Å². The molecule has 1 aliphatic heterocycles. The molecule has 1 unspecified atom stereocenters. The van der Waals surface area contributed by atoms with E-state index >= 15 is 0 Å². The van der Waals surface area contributed by atoms with Crippen LogP contribution < -0.4 is 5.32 Å². The van der Waals surface area contributed by atoms with E-state index in [-0.39, 0.29) is 5.69 Å². The molecule has 0 aliphatic carbocycles. The molecular weight excluding hydrogens is 304 g/mol. The fourth-order valence-corrected chi connectivity index (χ4v) is 3.57. The highest BCUT2D eigenvalue weighted by atomic mass is 32.2. The van der Waals surface area contributed by atoms with Gasteiger partial charge in [0.05, 0.1) is 0 Å². The third-order valence-corrected chi connectivity index (χ3v) is 4.68. The summed E-state index contributed by atoms with van der Waals surface area (Å²) in [6.45, 7) is 0. The second-order valence-corrected chi connectivity index (χ2v) is 6.08. The molecule has 3 heterocycles. The zero-order chi connectivity index (χ0) is 15.6. The van der Waals surface area contributed by atoms with Crippen LogP contribution in [0, 0.1) is 0 Å². The molecule has 3 rings (SSSR count). The zero-order valence-electron chi connectivity index (χ0n) is 11.6. The lowest BCUT2D eigenvalue weighted by Gasteiger charge is -2.24. The number of aliphatic carboxylic acids is 1. The number of carbonyl (C=O) groups is 2. The molecular formula is C14H14N4O3S. The van der Waals surface area contributed by atoms with E-state index in [2.05, 4.69) is 15.4 Å². The van der Waals surface area contributed by atoms with Crippen molar-refractivity contribution in [3.63, 3.8) is 0 Å². The molecule has 0 saturated carbocycles. The van der Waals surface area contributed by atoms with E-state index in [1.54, 1.807) is 36.7 Å². The third kappa shape index (κ3) is 2.69. The minimum Gasteiger partial charge on any atom is -0.479 e. The minimum absolute atomic E-state index is 0.172. The molecule has 2 N–H and O–H groups in total. The summed E-state index contributed by atoms with van der Waals surface area (Å²) in [5.74, 6) is 0.0936. The van der Waals surface area contributed by atoms with Crippen molar-refractivity contribution in [2.75, 3.05) is 11.5 Å². The van der Waals surface area contributed by atoms with Crippen LogP contribution in [0.25, 0.3) is 5.82 Å². The summed E-state index contributed by atoms with van der Waals surface area (Å²) in [6, 6.07) is 6.72. The first-order valence-corrected chi connectivity index (χ1v) is 7.87. The fourth-order valence-electron chi connectivity index (χ4n) is 2.25. The number of hydrogen-bond donors (Lipinski definition) is 2. The monoisotopic (exact) mass is 318 g/mol. The van der Waals surface area contributed by atoms with Gasteiger partial charge in [-0.1, -0.05) is 6.07 Å². The first kappa shape index (κ1) is 14.6. The van der Waals surface area contributed by atoms with Crippen LogP contribution in [0.4, 0.5) is 0 Å². The number of rotatable bonds is 4. The SMILES string of the molecule is O=C(NC1(C(=O)O)CCSC1)c1cccc(-n2cccn2)n1. The molecule has 1 atom stereocenters. The molecule has 0 aromatic carbocycles. The van der Waals surface area contributed by atoms with Gasteiger partial charge < -0.3 is 10.4 Å². The summed E-state index contributed by atoms with van der Waals surface area (Å²) in [6.07, 6.45) is 3.75. The van der Waals surface area contributed by atoms with Crippen LogP contribution in [-0.2, 0) is 4.79 Å². The maximum atomic E-state index is 12.4. The molecule has 0 spiro atoms. The average Bonchev–Trinajstić information content (AvgIpc) is 3.19. The van der Waals surface area contributed by atoms with Crippen LogP contribution in [0.15, 0.2) is 36.7 Å². The standard InChI is InChI=1S/C14H14N4O3S/c19-12(17-14(13(20)21)5-8-22-9-14)10-3-1-4-11(16-10)18-7-2-6-15-18/h1-4,6-7H,5,8-9H2,(H,17,19)(H,20,21). The topological polar surface area (TPSA) is 97.1 Å². The molecule has 7 nitrogen and oxygen atoms in total. The number of amides is 1. The lowest BCUT2D eigenvalue weighted by atomic mass is 9.99. The Hall–Kier alpha value is -2.35. The van der Waals surface area contributed by atoms with E-state index in [4.69, 9.17) is 0 Å². The van der Waals surface area contributed by atoms with E-state index in [9.17, 15) is 14.7 Å². The molecule has 1 saturated heterocycles. The van der Waals surface area contributed by atoms with Gasteiger partial charge in [0.1, 0.15) is 11.2 Å². The molecule has 0 radical (unpaired) electrons. The van der Waals surface area contributed by atoms with Gasteiger partial charge in [-0.25, -0.2) is 14.5 Å². The molecule has 2 aromatic rings. The molecule has 22 heavy (non-hydrogen) atoms. The van der Waals surface area contributed by atoms with Crippen molar-refractivity contribution >= 4 is 23.6 Å². The number of thioether (sulfide) groups is 1. The fraction of sp³-hybridized carbons (Fsp3) is 0.286. The van der Waals surface area contributed by atoms with Gasteiger partial charge in [-0.15, -0.1) is 0 Å². The van der Waals surface area contributed by atoms with Crippen LogP contribution in [0.3, 0.4) is 0 Å². The van der Waals surface area contributed by atoms with E-state index in [0.29, 0.717) is 23.7 Å². The highest BCUT2D eigenvalue weighted by molar-refractivity contribution is 7.99. The van der Waals surface area contributed by atoms with Gasteiger partial charge in [0, 0.05) is 18.1 Å². The molecule has 1 fully saturated rings. The van der Waals surface area contributed by atoms with Crippen molar-refractivity contribution in [3.05, 3.63) is 42.4 Å².